The van der Waals surface area contributed by atoms with Gasteiger partial charge < -0.3 is 30.9 Å². The molecule has 4 rings (SSSR count). The molecule has 0 bridgehead atoms. The molecule has 0 spiro atoms. The van der Waals surface area contributed by atoms with E-state index in [0.717, 1.165) is 49.4 Å². The second-order valence-corrected chi connectivity index (χ2v) is 12.4. The summed E-state index contributed by atoms with van der Waals surface area (Å²) < 4.78 is 0. The van der Waals surface area contributed by atoms with Crippen molar-refractivity contribution in [3.63, 3.8) is 0 Å². The number of para-hydroxylation sites is 1. The smallest absolute Gasteiger partial charge is 0.326 e. The summed E-state index contributed by atoms with van der Waals surface area (Å²) in [5.74, 6) is -1.87. The number of benzene rings is 1. The summed E-state index contributed by atoms with van der Waals surface area (Å²) in [6.07, 6.45) is 7.06. The third kappa shape index (κ3) is 7.96. The van der Waals surface area contributed by atoms with Crippen LogP contribution in [0.2, 0.25) is 5.15 Å². The lowest BCUT2D eigenvalue weighted by Gasteiger charge is -2.39. The van der Waals surface area contributed by atoms with Gasteiger partial charge in [-0.1, -0.05) is 62.4 Å². The molecular formula is C31H44ClN5O5. The average Bonchev–Trinajstić information content (AvgIpc) is 3.71. The number of carbonyl (C=O) groups is 4. The molecule has 1 saturated heterocycles. The van der Waals surface area contributed by atoms with E-state index in [-0.39, 0.29) is 31.0 Å². The van der Waals surface area contributed by atoms with Crippen LogP contribution in [0.4, 0.5) is 4.79 Å². The number of piperidine rings is 1. The minimum Gasteiger partial charge on any atom is -0.480 e. The summed E-state index contributed by atoms with van der Waals surface area (Å²) >= 11 is 6.54. The van der Waals surface area contributed by atoms with Crippen molar-refractivity contribution in [2.75, 3.05) is 0 Å². The van der Waals surface area contributed by atoms with Crippen LogP contribution >= 0.6 is 11.6 Å². The van der Waals surface area contributed by atoms with Crippen LogP contribution in [-0.2, 0) is 20.8 Å². The molecule has 42 heavy (non-hydrogen) atoms. The molecular weight excluding hydrogens is 558 g/mol. The molecule has 4 amide bonds. The van der Waals surface area contributed by atoms with Gasteiger partial charge >= 0.3 is 12.0 Å². The Kier molecular flexibility index (Phi) is 10.8. The van der Waals surface area contributed by atoms with Gasteiger partial charge in [-0.2, -0.15) is 0 Å². The standard InChI is InChI=1S/C31H44ClN5O5/c1-4-5-12-24(30(40)41)34-29(39)26(17-22-21-11-6-7-13-23(21)33-27(22)32)35-28(38)25(16-20-14-15-20)36-31(42)37-18(2)9-8-10-19(37)3/h6-7,11,13,18-20,24-26,33H,4-5,8-10,12,14-17H2,1-3H3,(H,34,39)(H,35,38)(H,36,42)(H,40,41)/t18-,19+,24-,25+,26-/m1/s1. The van der Waals surface area contributed by atoms with Crippen LogP contribution in [0.25, 0.3) is 10.9 Å². The van der Waals surface area contributed by atoms with E-state index in [1.54, 1.807) is 0 Å². The molecule has 2 fully saturated rings. The number of hydrogen-bond acceptors (Lipinski definition) is 4. The maximum atomic E-state index is 13.8. The van der Waals surface area contributed by atoms with Crippen molar-refractivity contribution in [1.29, 1.82) is 0 Å². The Balaban J connectivity index is 1.57. The number of carboxylic acid groups (broad SMARTS) is 1. The normalized spacial score (nSPS) is 20.9. The van der Waals surface area contributed by atoms with Gasteiger partial charge in [0.05, 0.1) is 0 Å². The summed E-state index contributed by atoms with van der Waals surface area (Å²) in [5, 5.41) is 19.4. The number of H-pyrrole nitrogens is 1. The zero-order valence-electron chi connectivity index (χ0n) is 24.7. The molecule has 2 aliphatic rings. The summed E-state index contributed by atoms with van der Waals surface area (Å²) in [6, 6.07) is 4.31. The molecule has 2 heterocycles. The Bertz CT molecular complexity index is 1270. The highest BCUT2D eigenvalue weighted by Gasteiger charge is 2.36. The first-order chi connectivity index (χ1) is 20.1. The topological polar surface area (TPSA) is 144 Å². The predicted molar refractivity (Wildman–Crippen MR) is 162 cm³/mol. The minimum atomic E-state index is -1.13. The number of aliphatic carboxylic acids is 1. The second kappa shape index (κ2) is 14.3. The van der Waals surface area contributed by atoms with Crippen LogP contribution < -0.4 is 16.0 Å². The number of likely N-dealkylation sites (tertiary alicyclic amines) is 1. The highest BCUT2D eigenvalue weighted by molar-refractivity contribution is 6.31. The minimum absolute atomic E-state index is 0.0465. The van der Waals surface area contributed by atoms with Gasteiger partial charge in [-0.25, -0.2) is 9.59 Å². The number of fused-ring (bicyclic) bond motifs is 1. The molecule has 0 radical (unpaired) electrons. The molecule has 230 valence electrons. The highest BCUT2D eigenvalue weighted by atomic mass is 35.5. The fraction of sp³-hybridized carbons (Fsp3) is 0.613. The number of nitrogens with zero attached hydrogens (tertiary/aromatic N) is 1. The van der Waals surface area contributed by atoms with Crippen molar-refractivity contribution in [3.8, 4) is 0 Å². The van der Waals surface area contributed by atoms with Gasteiger partial charge in [0, 0.05) is 29.4 Å². The average molecular weight is 602 g/mol. The monoisotopic (exact) mass is 601 g/mol. The third-order valence-electron chi connectivity index (χ3n) is 8.57. The van der Waals surface area contributed by atoms with Crippen LogP contribution in [0.1, 0.15) is 84.1 Å². The van der Waals surface area contributed by atoms with E-state index in [2.05, 4.69) is 20.9 Å². The van der Waals surface area contributed by atoms with E-state index in [9.17, 15) is 24.3 Å². The van der Waals surface area contributed by atoms with Gasteiger partial charge in [0.2, 0.25) is 11.8 Å². The largest absolute Gasteiger partial charge is 0.480 e. The van der Waals surface area contributed by atoms with Crippen molar-refractivity contribution in [1.82, 2.24) is 25.8 Å². The van der Waals surface area contributed by atoms with Gasteiger partial charge in [0.1, 0.15) is 23.3 Å². The van der Waals surface area contributed by atoms with Gasteiger partial charge in [0.25, 0.3) is 0 Å². The lowest BCUT2D eigenvalue weighted by atomic mass is 9.98. The number of carbonyl (C=O) groups excluding carboxylic acids is 3. The maximum absolute atomic E-state index is 13.8. The number of urea groups is 1. The predicted octanol–water partition coefficient (Wildman–Crippen LogP) is 4.75. The number of hydrogen-bond donors (Lipinski definition) is 5. The van der Waals surface area contributed by atoms with Crippen molar-refractivity contribution >= 4 is 46.3 Å². The molecule has 1 aromatic heterocycles. The number of nitrogens with one attached hydrogen (secondary N) is 4. The lowest BCUT2D eigenvalue weighted by Crippen LogP contribution is -2.59. The summed E-state index contributed by atoms with van der Waals surface area (Å²) in [6.45, 7) is 5.99. The molecule has 1 aliphatic carbocycles. The molecule has 1 aromatic carbocycles. The Morgan fingerprint density at radius 1 is 0.976 bits per heavy atom. The first kappa shape index (κ1) is 31.7. The summed E-state index contributed by atoms with van der Waals surface area (Å²) in [5.41, 5.74) is 1.44. The van der Waals surface area contributed by atoms with Crippen molar-refractivity contribution in [2.24, 2.45) is 5.92 Å². The van der Waals surface area contributed by atoms with Crippen molar-refractivity contribution < 1.29 is 24.3 Å². The lowest BCUT2D eigenvalue weighted by molar-refractivity contribution is -0.142. The number of rotatable bonds is 13. The van der Waals surface area contributed by atoms with Gasteiger partial charge in [0.15, 0.2) is 0 Å². The fourth-order valence-electron chi connectivity index (χ4n) is 5.95. The first-order valence-corrected chi connectivity index (χ1v) is 15.6. The van der Waals surface area contributed by atoms with Crippen LogP contribution in [-0.4, -0.2) is 69.0 Å². The van der Waals surface area contributed by atoms with Crippen LogP contribution in [0, 0.1) is 5.92 Å². The van der Waals surface area contributed by atoms with E-state index in [4.69, 9.17) is 11.6 Å². The number of aromatic nitrogens is 1. The van der Waals surface area contributed by atoms with Gasteiger partial charge in [-0.15, -0.1) is 0 Å². The van der Waals surface area contributed by atoms with Gasteiger partial charge in [-0.05, 0) is 63.5 Å². The van der Waals surface area contributed by atoms with Crippen LogP contribution in [0.15, 0.2) is 24.3 Å². The van der Waals surface area contributed by atoms with Crippen LogP contribution in [0.5, 0.6) is 0 Å². The summed E-state index contributed by atoms with van der Waals surface area (Å²) in [7, 11) is 0. The maximum Gasteiger partial charge on any atom is 0.326 e. The third-order valence-corrected chi connectivity index (χ3v) is 8.89. The quantitative estimate of drug-likeness (QED) is 0.225. The zero-order chi connectivity index (χ0) is 30.4. The Morgan fingerprint density at radius 3 is 2.26 bits per heavy atom. The molecule has 5 N–H and O–H groups in total. The Hall–Kier alpha value is -3.27. The highest BCUT2D eigenvalue weighted by Crippen LogP contribution is 2.34. The summed E-state index contributed by atoms with van der Waals surface area (Å²) in [4.78, 5) is 57.6. The van der Waals surface area contributed by atoms with Crippen molar-refractivity contribution in [3.05, 3.63) is 35.0 Å². The zero-order valence-corrected chi connectivity index (χ0v) is 25.5. The molecule has 11 heteroatoms. The molecule has 1 aliphatic heterocycles. The number of amides is 4. The molecule has 2 aromatic rings. The Morgan fingerprint density at radius 2 is 1.62 bits per heavy atom. The number of unbranched alkanes of at least 4 members (excludes halogenated alkanes) is 1. The molecule has 1 saturated carbocycles. The second-order valence-electron chi connectivity index (χ2n) is 12.0. The van der Waals surface area contributed by atoms with E-state index in [1.165, 1.54) is 0 Å². The Labute approximate surface area is 252 Å². The molecule has 10 nitrogen and oxygen atoms in total. The van der Waals surface area contributed by atoms with E-state index < -0.39 is 35.9 Å². The number of aromatic amines is 1. The first-order valence-electron chi connectivity index (χ1n) is 15.3. The fourth-order valence-corrected chi connectivity index (χ4v) is 6.23. The van der Waals surface area contributed by atoms with E-state index >= 15 is 0 Å². The van der Waals surface area contributed by atoms with Crippen molar-refractivity contribution in [2.45, 2.75) is 115 Å². The molecule has 0 unspecified atom stereocenters. The molecule has 5 atom stereocenters. The SMILES string of the molecule is CCCC[C@@H](NC(=O)[C@@H](Cc1c(Cl)[nH]c2ccccc12)NC(=O)[C@H](CC1CC1)NC(=O)N1[C@H](C)CCC[C@@H]1C)C(=O)O. The number of halogens is 1. The van der Waals surface area contributed by atoms with Gasteiger partial charge in [-0.3, -0.25) is 9.59 Å². The van der Waals surface area contributed by atoms with E-state index in [0.29, 0.717) is 29.5 Å². The van der Waals surface area contributed by atoms with Crippen LogP contribution in [0.3, 0.4) is 0 Å². The number of carboxylic acids is 1. The van der Waals surface area contributed by atoms with E-state index in [1.807, 2.05) is 49.9 Å².